The average Bonchev–Trinajstić information content (AvgIpc) is 2.48. The molecule has 0 unspecified atom stereocenters. The van der Waals surface area contributed by atoms with Gasteiger partial charge in [0, 0.05) is 24.5 Å². The number of methoxy groups -OCH3 is 1. The summed E-state index contributed by atoms with van der Waals surface area (Å²) in [6.07, 6.45) is 2.35. The number of hydrogen-bond acceptors (Lipinski definition) is 5. The zero-order valence-electron chi connectivity index (χ0n) is 11.3. The standard InChI is InChI=1S/C14H17FN4O/c1-20-13-6-8-17-14(18-13)19(9-3-7-16)12-5-2-4-11(15)10-12/h2,4-6,8,10H,3,7,9,16H2,1H3. The molecule has 6 heteroatoms. The number of hydrogen-bond donors (Lipinski definition) is 1. The van der Waals surface area contributed by atoms with Crippen LogP contribution in [0.2, 0.25) is 0 Å². The SMILES string of the molecule is COc1ccnc(N(CCCN)c2cccc(F)c2)n1. The largest absolute Gasteiger partial charge is 0.481 e. The molecular weight excluding hydrogens is 259 g/mol. The van der Waals surface area contributed by atoms with E-state index in [2.05, 4.69) is 9.97 Å². The van der Waals surface area contributed by atoms with Crippen LogP contribution >= 0.6 is 0 Å². The van der Waals surface area contributed by atoms with Crippen molar-refractivity contribution in [1.29, 1.82) is 0 Å². The fourth-order valence-electron chi connectivity index (χ4n) is 1.81. The van der Waals surface area contributed by atoms with Crippen LogP contribution in [0.4, 0.5) is 16.0 Å². The molecule has 0 aliphatic carbocycles. The Balaban J connectivity index is 2.35. The Kier molecular flexibility index (Phi) is 4.84. The van der Waals surface area contributed by atoms with Gasteiger partial charge in [0.2, 0.25) is 11.8 Å². The molecule has 0 amide bonds. The highest BCUT2D eigenvalue weighted by atomic mass is 19.1. The summed E-state index contributed by atoms with van der Waals surface area (Å²) in [6, 6.07) is 7.97. The normalized spacial score (nSPS) is 10.3. The summed E-state index contributed by atoms with van der Waals surface area (Å²) < 4.78 is 18.5. The lowest BCUT2D eigenvalue weighted by atomic mass is 10.2. The van der Waals surface area contributed by atoms with Gasteiger partial charge in [0.15, 0.2) is 0 Å². The quantitative estimate of drug-likeness (QED) is 0.875. The monoisotopic (exact) mass is 276 g/mol. The van der Waals surface area contributed by atoms with Crippen LogP contribution in [0.5, 0.6) is 5.88 Å². The fraction of sp³-hybridized carbons (Fsp3) is 0.286. The summed E-state index contributed by atoms with van der Waals surface area (Å²) in [5.74, 6) is 0.621. The molecule has 2 rings (SSSR count). The topological polar surface area (TPSA) is 64.3 Å². The maximum absolute atomic E-state index is 13.4. The van der Waals surface area contributed by atoms with Crippen molar-refractivity contribution in [3.63, 3.8) is 0 Å². The maximum atomic E-state index is 13.4. The van der Waals surface area contributed by atoms with E-state index in [-0.39, 0.29) is 5.82 Å². The van der Waals surface area contributed by atoms with Crippen LogP contribution in [-0.4, -0.2) is 30.2 Å². The Morgan fingerprint density at radius 1 is 1.35 bits per heavy atom. The summed E-state index contributed by atoms with van der Waals surface area (Å²) in [5.41, 5.74) is 6.24. The average molecular weight is 276 g/mol. The molecule has 1 heterocycles. The van der Waals surface area contributed by atoms with Crippen LogP contribution < -0.4 is 15.4 Å². The van der Waals surface area contributed by atoms with Crippen molar-refractivity contribution in [3.05, 3.63) is 42.3 Å². The summed E-state index contributed by atoms with van der Waals surface area (Å²) in [7, 11) is 1.54. The van der Waals surface area contributed by atoms with Gasteiger partial charge in [-0.2, -0.15) is 4.98 Å². The molecular formula is C14H17FN4O. The first kappa shape index (κ1) is 14.2. The van der Waals surface area contributed by atoms with E-state index in [1.54, 1.807) is 25.4 Å². The van der Waals surface area contributed by atoms with Crippen LogP contribution in [0.15, 0.2) is 36.5 Å². The molecule has 1 aromatic carbocycles. The first-order valence-electron chi connectivity index (χ1n) is 6.35. The van der Waals surface area contributed by atoms with E-state index in [9.17, 15) is 4.39 Å². The van der Waals surface area contributed by atoms with E-state index in [0.717, 1.165) is 6.42 Å². The number of ether oxygens (including phenoxy) is 1. The molecule has 106 valence electrons. The highest BCUT2D eigenvalue weighted by Crippen LogP contribution is 2.24. The third-order valence-electron chi connectivity index (χ3n) is 2.77. The highest BCUT2D eigenvalue weighted by molar-refractivity contribution is 5.57. The predicted octanol–water partition coefficient (Wildman–Crippen LogP) is 2.11. The fourth-order valence-corrected chi connectivity index (χ4v) is 1.81. The van der Waals surface area contributed by atoms with Gasteiger partial charge in [-0.05, 0) is 31.2 Å². The second kappa shape index (κ2) is 6.81. The summed E-state index contributed by atoms with van der Waals surface area (Å²) in [5, 5.41) is 0. The van der Waals surface area contributed by atoms with Crippen molar-refractivity contribution in [2.75, 3.05) is 25.1 Å². The molecule has 20 heavy (non-hydrogen) atoms. The molecule has 2 N–H and O–H groups in total. The Morgan fingerprint density at radius 3 is 2.90 bits per heavy atom. The summed E-state index contributed by atoms with van der Waals surface area (Å²) in [6.45, 7) is 1.14. The zero-order valence-corrected chi connectivity index (χ0v) is 11.3. The van der Waals surface area contributed by atoms with Crippen molar-refractivity contribution in [2.24, 2.45) is 5.73 Å². The Hall–Kier alpha value is -2.21. The minimum Gasteiger partial charge on any atom is -0.481 e. The molecule has 2 aromatic rings. The van der Waals surface area contributed by atoms with Gasteiger partial charge in [0.25, 0.3) is 0 Å². The van der Waals surface area contributed by atoms with Gasteiger partial charge >= 0.3 is 0 Å². The van der Waals surface area contributed by atoms with E-state index in [4.69, 9.17) is 10.5 Å². The number of benzene rings is 1. The van der Waals surface area contributed by atoms with Crippen LogP contribution in [0.1, 0.15) is 6.42 Å². The summed E-state index contributed by atoms with van der Waals surface area (Å²) >= 11 is 0. The van der Waals surface area contributed by atoms with E-state index in [0.29, 0.717) is 30.6 Å². The number of anilines is 2. The first-order chi connectivity index (χ1) is 9.74. The van der Waals surface area contributed by atoms with E-state index >= 15 is 0 Å². The van der Waals surface area contributed by atoms with Crippen molar-refractivity contribution >= 4 is 11.6 Å². The van der Waals surface area contributed by atoms with Crippen molar-refractivity contribution in [2.45, 2.75) is 6.42 Å². The van der Waals surface area contributed by atoms with Gasteiger partial charge < -0.3 is 15.4 Å². The smallest absolute Gasteiger partial charge is 0.233 e. The first-order valence-corrected chi connectivity index (χ1v) is 6.35. The molecule has 0 aliphatic heterocycles. The molecule has 0 bridgehead atoms. The van der Waals surface area contributed by atoms with E-state index < -0.39 is 0 Å². The number of aromatic nitrogens is 2. The lowest BCUT2D eigenvalue weighted by molar-refractivity contribution is 0.397. The molecule has 0 spiro atoms. The van der Waals surface area contributed by atoms with Crippen molar-refractivity contribution in [3.8, 4) is 5.88 Å². The molecule has 0 saturated carbocycles. The molecule has 5 nitrogen and oxygen atoms in total. The highest BCUT2D eigenvalue weighted by Gasteiger charge is 2.13. The molecule has 0 radical (unpaired) electrons. The third-order valence-corrected chi connectivity index (χ3v) is 2.77. The van der Waals surface area contributed by atoms with Gasteiger partial charge in [-0.15, -0.1) is 0 Å². The lowest BCUT2D eigenvalue weighted by Crippen LogP contribution is -2.23. The van der Waals surface area contributed by atoms with Crippen LogP contribution in [0.25, 0.3) is 0 Å². The maximum Gasteiger partial charge on any atom is 0.233 e. The Labute approximate surface area is 117 Å². The number of nitrogens with two attached hydrogens (primary N) is 1. The second-order valence-corrected chi connectivity index (χ2v) is 4.17. The van der Waals surface area contributed by atoms with Crippen LogP contribution in [0, 0.1) is 5.82 Å². The molecule has 0 atom stereocenters. The molecule has 1 aromatic heterocycles. The lowest BCUT2D eigenvalue weighted by Gasteiger charge is -2.22. The van der Waals surface area contributed by atoms with Gasteiger partial charge in [-0.1, -0.05) is 6.07 Å². The van der Waals surface area contributed by atoms with E-state index in [1.807, 2.05) is 11.0 Å². The van der Waals surface area contributed by atoms with Crippen molar-refractivity contribution < 1.29 is 9.13 Å². The van der Waals surface area contributed by atoms with Gasteiger partial charge in [-0.3, -0.25) is 0 Å². The number of rotatable bonds is 6. The Morgan fingerprint density at radius 2 is 2.20 bits per heavy atom. The van der Waals surface area contributed by atoms with Gasteiger partial charge in [0.05, 0.1) is 7.11 Å². The molecule has 0 fully saturated rings. The molecule has 0 aliphatic rings. The van der Waals surface area contributed by atoms with E-state index in [1.165, 1.54) is 12.1 Å². The zero-order chi connectivity index (χ0) is 14.4. The van der Waals surface area contributed by atoms with Crippen LogP contribution in [0.3, 0.4) is 0 Å². The minimum absolute atomic E-state index is 0.303. The number of halogens is 1. The predicted molar refractivity (Wildman–Crippen MR) is 75.7 cm³/mol. The van der Waals surface area contributed by atoms with Gasteiger partial charge in [-0.25, -0.2) is 9.37 Å². The molecule has 0 saturated heterocycles. The second-order valence-electron chi connectivity index (χ2n) is 4.17. The number of nitrogens with zero attached hydrogens (tertiary/aromatic N) is 3. The third kappa shape index (κ3) is 3.42. The summed E-state index contributed by atoms with van der Waals surface area (Å²) in [4.78, 5) is 10.3. The van der Waals surface area contributed by atoms with Crippen LogP contribution in [-0.2, 0) is 0 Å². The Bertz CT molecular complexity index is 564. The minimum atomic E-state index is -0.303. The van der Waals surface area contributed by atoms with Crippen molar-refractivity contribution in [1.82, 2.24) is 9.97 Å². The van der Waals surface area contributed by atoms with Gasteiger partial charge in [0.1, 0.15) is 5.82 Å².